The third-order valence-corrected chi connectivity index (χ3v) is 4.37. The van der Waals surface area contributed by atoms with Crippen molar-refractivity contribution in [3.8, 4) is 0 Å². The summed E-state index contributed by atoms with van der Waals surface area (Å²) in [5.41, 5.74) is 1.36. The summed E-state index contributed by atoms with van der Waals surface area (Å²) in [7, 11) is 1.58. The quantitative estimate of drug-likeness (QED) is 0.854. The third-order valence-electron chi connectivity index (χ3n) is 4.37. The number of benzene rings is 1. The zero-order valence-corrected chi connectivity index (χ0v) is 13.3. The fourth-order valence-electron chi connectivity index (χ4n) is 3.19. The maximum absolute atomic E-state index is 12.7. The van der Waals surface area contributed by atoms with Gasteiger partial charge in [0.25, 0.3) is 5.91 Å². The Hall–Kier alpha value is -1.92. The first-order valence-electron chi connectivity index (χ1n) is 8.00. The number of nitrogens with one attached hydrogen (secondary N) is 1. The van der Waals surface area contributed by atoms with Gasteiger partial charge in [-0.25, -0.2) is 0 Å². The van der Waals surface area contributed by atoms with Gasteiger partial charge in [0, 0.05) is 32.4 Å². The summed E-state index contributed by atoms with van der Waals surface area (Å²) >= 11 is 0. The van der Waals surface area contributed by atoms with Crippen LogP contribution in [0.25, 0.3) is 0 Å². The molecule has 0 aliphatic carbocycles. The molecule has 0 bridgehead atoms. The first kappa shape index (κ1) is 16.0. The molecule has 0 radical (unpaired) electrons. The Bertz CT molecular complexity index is 584. The Morgan fingerprint density at radius 3 is 3.00 bits per heavy atom. The van der Waals surface area contributed by atoms with Crippen LogP contribution in [0.2, 0.25) is 0 Å². The lowest BCUT2D eigenvalue weighted by atomic mass is 10.0. The highest BCUT2D eigenvalue weighted by Gasteiger charge is 2.40. The Morgan fingerprint density at radius 1 is 1.43 bits per heavy atom. The van der Waals surface area contributed by atoms with Gasteiger partial charge < -0.3 is 19.7 Å². The van der Waals surface area contributed by atoms with Crippen LogP contribution in [-0.4, -0.2) is 56.2 Å². The highest BCUT2D eigenvalue weighted by Crippen LogP contribution is 2.33. The van der Waals surface area contributed by atoms with Crippen molar-refractivity contribution in [3.05, 3.63) is 35.4 Å². The monoisotopic (exact) mass is 318 g/mol. The largest absolute Gasteiger partial charge is 0.383 e. The molecule has 2 aliphatic rings. The first-order valence-corrected chi connectivity index (χ1v) is 8.00. The van der Waals surface area contributed by atoms with Crippen LogP contribution in [0.5, 0.6) is 0 Å². The molecular formula is C17H22N2O4. The number of fused-ring (bicyclic) bond motifs is 1. The number of ether oxygens (including phenoxy) is 2. The van der Waals surface area contributed by atoms with Crippen LogP contribution in [0.1, 0.15) is 34.8 Å². The van der Waals surface area contributed by atoms with Crippen molar-refractivity contribution in [1.29, 1.82) is 0 Å². The van der Waals surface area contributed by atoms with Gasteiger partial charge in [-0.15, -0.1) is 0 Å². The van der Waals surface area contributed by atoms with Gasteiger partial charge in [-0.1, -0.05) is 18.2 Å². The van der Waals surface area contributed by atoms with E-state index >= 15 is 0 Å². The molecule has 1 aromatic carbocycles. The van der Waals surface area contributed by atoms with Crippen molar-refractivity contribution < 1.29 is 19.1 Å². The molecule has 1 N–H and O–H groups in total. The lowest BCUT2D eigenvalue weighted by molar-refractivity contribution is -0.126. The topological polar surface area (TPSA) is 67.9 Å². The second-order valence-electron chi connectivity index (χ2n) is 5.86. The summed E-state index contributed by atoms with van der Waals surface area (Å²) in [5, 5.41) is 2.94. The van der Waals surface area contributed by atoms with Gasteiger partial charge in [0.15, 0.2) is 0 Å². The lowest BCUT2D eigenvalue weighted by Crippen LogP contribution is -2.42. The van der Waals surface area contributed by atoms with E-state index in [9.17, 15) is 9.59 Å². The molecule has 2 amide bonds. The number of hydrogen-bond acceptors (Lipinski definition) is 4. The van der Waals surface area contributed by atoms with Crippen molar-refractivity contribution in [1.82, 2.24) is 10.2 Å². The normalized spacial score (nSPS) is 23.2. The summed E-state index contributed by atoms with van der Waals surface area (Å²) in [4.78, 5) is 26.8. The maximum Gasteiger partial charge on any atom is 0.255 e. The Morgan fingerprint density at radius 2 is 2.26 bits per heavy atom. The number of carbonyl (C=O) groups excluding carboxylic acids is 2. The van der Waals surface area contributed by atoms with E-state index < -0.39 is 6.04 Å². The molecule has 0 aromatic heterocycles. The summed E-state index contributed by atoms with van der Waals surface area (Å²) in [6, 6.07) is 6.70. The van der Waals surface area contributed by atoms with Crippen molar-refractivity contribution in [3.63, 3.8) is 0 Å². The van der Waals surface area contributed by atoms with Crippen molar-refractivity contribution in [2.24, 2.45) is 0 Å². The minimum atomic E-state index is -0.588. The molecule has 2 unspecified atom stereocenters. The molecule has 124 valence electrons. The van der Waals surface area contributed by atoms with Crippen LogP contribution < -0.4 is 5.32 Å². The molecule has 1 aromatic rings. The van der Waals surface area contributed by atoms with Gasteiger partial charge in [-0.2, -0.15) is 0 Å². The van der Waals surface area contributed by atoms with E-state index in [1.54, 1.807) is 18.1 Å². The predicted molar refractivity (Wildman–Crippen MR) is 84.1 cm³/mol. The van der Waals surface area contributed by atoms with E-state index in [1.807, 2.05) is 18.2 Å². The number of carbonyl (C=O) groups is 2. The Labute approximate surface area is 135 Å². The average Bonchev–Trinajstić information content (AvgIpc) is 3.18. The van der Waals surface area contributed by atoms with Gasteiger partial charge in [0.1, 0.15) is 6.04 Å². The van der Waals surface area contributed by atoms with Crippen LogP contribution >= 0.6 is 0 Å². The molecule has 0 saturated carbocycles. The minimum absolute atomic E-state index is 0.0822. The lowest BCUT2D eigenvalue weighted by Gasteiger charge is -2.24. The molecule has 2 atom stereocenters. The Balaban J connectivity index is 1.75. The maximum atomic E-state index is 12.7. The van der Waals surface area contributed by atoms with E-state index in [2.05, 4.69) is 5.32 Å². The molecule has 6 nitrogen and oxygen atoms in total. The van der Waals surface area contributed by atoms with E-state index in [1.165, 1.54) is 0 Å². The molecule has 0 spiro atoms. The van der Waals surface area contributed by atoms with E-state index in [-0.39, 0.29) is 17.9 Å². The smallest absolute Gasteiger partial charge is 0.255 e. The molecule has 2 aliphatic heterocycles. The summed E-state index contributed by atoms with van der Waals surface area (Å²) < 4.78 is 10.6. The van der Waals surface area contributed by atoms with Crippen LogP contribution in [0, 0.1) is 0 Å². The molecule has 3 rings (SSSR count). The fraction of sp³-hybridized carbons (Fsp3) is 0.529. The average molecular weight is 318 g/mol. The van der Waals surface area contributed by atoms with E-state index in [0.29, 0.717) is 25.3 Å². The second-order valence-corrected chi connectivity index (χ2v) is 5.86. The van der Waals surface area contributed by atoms with Crippen molar-refractivity contribution in [2.45, 2.75) is 25.0 Å². The molecule has 1 fully saturated rings. The van der Waals surface area contributed by atoms with Crippen molar-refractivity contribution in [2.75, 3.05) is 33.4 Å². The van der Waals surface area contributed by atoms with E-state index in [0.717, 1.165) is 25.0 Å². The molecule has 6 heteroatoms. The summed E-state index contributed by atoms with van der Waals surface area (Å²) in [6.45, 7) is 2.03. The van der Waals surface area contributed by atoms with Gasteiger partial charge in [-0.05, 0) is 24.5 Å². The van der Waals surface area contributed by atoms with Gasteiger partial charge in [0.05, 0.1) is 12.7 Å². The number of nitrogens with zero attached hydrogens (tertiary/aromatic N) is 1. The highest BCUT2D eigenvalue weighted by atomic mass is 16.5. The molecule has 1 saturated heterocycles. The zero-order valence-electron chi connectivity index (χ0n) is 13.3. The summed E-state index contributed by atoms with van der Waals surface area (Å²) in [5.74, 6) is -0.273. The third kappa shape index (κ3) is 3.23. The molecule has 2 heterocycles. The first-order chi connectivity index (χ1) is 11.2. The molecular weight excluding hydrogens is 296 g/mol. The van der Waals surface area contributed by atoms with Gasteiger partial charge in [0.2, 0.25) is 5.91 Å². The fourth-order valence-corrected chi connectivity index (χ4v) is 3.19. The van der Waals surface area contributed by atoms with Crippen molar-refractivity contribution >= 4 is 11.8 Å². The van der Waals surface area contributed by atoms with Crippen LogP contribution in [0.15, 0.2) is 24.3 Å². The minimum Gasteiger partial charge on any atom is -0.383 e. The van der Waals surface area contributed by atoms with Crippen LogP contribution in [-0.2, 0) is 14.3 Å². The molecule has 23 heavy (non-hydrogen) atoms. The number of rotatable bonds is 6. The van der Waals surface area contributed by atoms with Crippen LogP contribution in [0.3, 0.4) is 0 Å². The second kappa shape index (κ2) is 7.10. The van der Waals surface area contributed by atoms with Crippen LogP contribution in [0.4, 0.5) is 0 Å². The zero-order chi connectivity index (χ0) is 16.2. The summed E-state index contributed by atoms with van der Waals surface area (Å²) in [6.07, 6.45) is 2.08. The van der Waals surface area contributed by atoms with Gasteiger partial charge >= 0.3 is 0 Å². The predicted octanol–water partition coefficient (Wildman–Crippen LogP) is 1.13. The number of amides is 2. The van der Waals surface area contributed by atoms with E-state index in [4.69, 9.17) is 9.47 Å². The highest BCUT2D eigenvalue weighted by molar-refractivity contribution is 6.04. The standard InChI is InChI=1S/C17H22N2O4/c1-22-10-8-19-15(13-6-2-3-7-14(13)17(19)21)16(20)18-11-12-5-4-9-23-12/h2-3,6-7,12,15H,4-5,8-11H2,1H3,(H,18,20). The Kier molecular flexibility index (Phi) is 4.93. The SMILES string of the molecule is COCCN1C(=O)c2ccccc2C1C(=O)NCC1CCCO1. The van der Waals surface area contributed by atoms with Gasteiger partial charge in [-0.3, -0.25) is 9.59 Å². The number of hydrogen-bond donors (Lipinski definition) is 1. The number of methoxy groups -OCH3 is 1.